The second-order valence-electron chi connectivity index (χ2n) is 4.67. The van der Waals surface area contributed by atoms with Crippen molar-refractivity contribution in [3.8, 4) is 5.69 Å². The van der Waals surface area contributed by atoms with Gasteiger partial charge >= 0.3 is 0 Å². The molecular weight excluding hydrogens is 298 g/mol. The Kier molecular flexibility index (Phi) is 4.24. The maximum Gasteiger partial charge on any atom is 0.279 e. The molecule has 0 fully saturated rings. The Morgan fingerprint density at radius 3 is 2.82 bits per heavy atom. The van der Waals surface area contributed by atoms with Crippen LogP contribution in [0.1, 0.15) is 29.5 Å². The molecule has 3 aromatic rings. The van der Waals surface area contributed by atoms with Crippen molar-refractivity contribution >= 4 is 22.4 Å². The third-order valence-corrected chi connectivity index (χ3v) is 3.81. The van der Waals surface area contributed by atoms with Crippen molar-refractivity contribution in [3.05, 3.63) is 53.3 Å². The van der Waals surface area contributed by atoms with Gasteiger partial charge < -0.3 is 0 Å². The highest BCUT2D eigenvalue weighted by atomic mass is 32.1. The van der Waals surface area contributed by atoms with E-state index in [-0.39, 0.29) is 5.91 Å². The van der Waals surface area contributed by atoms with Crippen LogP contribution in [0.5, 0.6) is 0 Å². The Morgan fingerprint density at radius 1 is 1.32 bits per heavy atom. The second-order valence-corrected chi connectivity index (χ2v) is 5.57. The maximum atomic E-state index is 12.4. The largest absolute Gasteiger partial charge is 0.296 e. The molecule has 0 atom stereocenters. The molecule has 1 N–H and O–H groups in total. The van der Waals surface area contributed by atoms with E-state index in [4.69, 9.17) is 0 Å². The van der Waals surface area contributed by atoms with Gasteiger partial charge in [-0.15, -0.1) is 16.4 Å². The van der Waals surface area contributed by atoms with Gasteiger partial charge in [0.25, 0.3) is 5.91 Å². The second kappa shape index (κ2) is 6.48. The summed E-state index contributed by atoms with van der Waals surface area (Å²) in [6.07, 6.45) is 3.27. The molecule has 1 amide bonds. The molecule has 0 saturated heterocycles. The SMILES string of the molecule is CCCc1c(C(=O)Nc2nccs2)nnn1-c1ccccc1. The van der Waals surface area contributed by atoms with Gasteiger partial charge in [-0.1, -0.05) is 36.8 Å². The number of amides is 1. The van der Waals surface area contributed by atoms with Gasteiger partial charge in [0.1, 0.15) is 0 Å². The van der Waals surface area contributed by atoms with Crippen LogP contribution >= 0.6 is 11.3 Å². The number of aromatic nitrogens is 4. The molecule has 0 spiro atoms. The highest BCUT2D eigenvalue weighted by molar-refractivity contribution is 7.13. The van der Waals surface area contributed by atoms with Crippen LogP contribution < -0.4 is 5.32 Å². The Hall–Kier alpha value is -2.54. The number of carbonyl (C=O) groups is 1. The Bertz CT molecular complexity index is 752. The van der Waals surface area contributed by atoms with E-state index in [1.54, 1.807) is 10.9 Å². The monoisotopic (exact) mass is 313 g/mol. The normalized spacial score (nSPS) is 10.6. The molecule has 6 nitrogen and oxygen atoms in total. The summed E-state index contributed by atoms with van der Waals surface area (Å²) >= 11 is 1.37. The smallest absolute Gasteiger partial charge is 0.279 e. The molecule has 0 radical (unpaired) electrons. The van der Waals surface area contributed by atoms with Gasteiger partial charge in [0.2, 0.25) is 0 Å². The van der Waals surface area contributed by atoms with Crippen molar-refractivity contribution in [3.63, 3.8) is 0 Å². The minimum atomic E-state index is -0.277. The van der Waals surface area contributed by atoms with Gasteiger partial charge in [-0.05, 0) is 18.6 Å². The lowest BCUT2D eigenvalue weighted by Gasteiger charge is -2.06. The lowest BCUT2D eigenvalue weighted by Crippen LogP contribution is -2.15. The molecule has 22 heavy (non-hydrogen) atoms. The number of hydrogen-bond donors (Lipinski definition) is 1. The molecule has 112 valence electrons. The summed E-state index contributed by atoms with van der Waals surface area (Å²) in [4.78, 5) is 16.4. The molecule has 0 aliphatic rings. The predicted molar refractivity (Wildman–Crippen MR) is 85.4 cm³/mol. The maximum absolute atomic E-state index is 12.4. The van der Waals surface area contributed by atoms with Crippen molar-refractivity contribution in [1.82, 2.24) is 20.0 Å². The fourth-order valence-corrected chi connectivity index (χ4v) is 2.68. The zero-order chi connectivity index (χ0) is 15.4. The van der Waals surface area contributed by atoms with Gasteiger partial charge in [0.05, 0.1) is 11.4 Å². The summed E-state index contributed by atoms with van der Waals surface area (Å²) in [5, 5.41) is 13.3. The van der Waals surface area contributed by atoms with Crippen LogP contribution in [0.2, 0.25) is 0 Å². The summed E-state index contributed by atoms with van der Waals surface area (Å²) in [5.41, 5.74) is 2.05. The van der Waals surface area contributed by atoms with Crippen molar-refractivity contribution in [2.45, 2.75) is 19.8 Å². The average Bonchev–Trinajstić information content (AvgIpc) is 3.18. The van der Waals surface area contributed by atoms with Gasteiger partial charge in [-0.3, -0.25) is 10.1 Å². The minimum Gasteiger partial charge on any atom is -0.296 e. The quantitative estimate of drug-likeness (QED) is 0.786. The number of benzene rings is 1. The van der Waals surface area contributed by atoms with Crippen LogP contribution in [0.4, 0.5) is 5.13 Å². The van der Waals surface area contributed by atoms with Gasteiger partial charge in [-0.2, -0.15) is 0 Å². The third kappa shape index (κ3) is 2.89. The minimum absolute atomic E-state index is 0.277. The first-order chi connectivity index (χ1) is 10.8. The zero-order valence-corrected chi connectivity index (χ0v) is 12.9. The number of thiazole rings is 1. The number of hydrogen-bond acceptors (Lipinski definition) is 5. The summed E-state index contributed by atoms with van der Waals surface area (Å²) in [6.45, 7) is 2.06. The van der Waals surface area contributed by atoms with Crippen molar-refractivity contribution in [1.29, 1.82) is 0 Å². The molecule has 0 aliphatic heterocycles. The molecule has 1 aromatic carbocycles. The lowest BCUT2D eigenvalue weighted by molar-refractivity contribution is 0.102. The fraction of sp³-hybridized carbons (Fsp3) is 0.200. The number of nitrogens with zero attached hydrogens (tertiary/aromatic N) is 4. The lowest BCUT2D eigenvalue weighted by atomic mass is 10.2. The molecular formula is C15H15N5OS. The molecule has 2 aromatic heterocycles. The standard InChI is InChI=1S/C15H15N5OS/c1-2-6-12-13(14(21)17-15-16-9-10-22-15)18-19-20(12)11-7-4-3-5-8-11/h3-5,7-10H,2,6H2,1H3,(H,16,17,21). The topological polar surface area (TPSA) is 72.7 Å². The van der Waals surface area contributed by atoms with Gasteiger partial charge in [0.15, 0.2) is 10.8 Å². The summed E-state index contributed by atoms with van der Waals surface area (Å²) in [5.74, 6) is -0.277. The average molecular weight is 313 g/mol. The van der Waals surface area contributed by atoms with Crippen LogP contribution in [0.15, 0.2) is 41.9 Å². The number of rotatable bonds is 5. The molecule has 0 saturated carbocycles. The summed E-state index contributed by atoms with van der Waals surface area (Å²) < 4.78 is 1.72. The first-order valence-electron chi connectivity index (χ1n) is 7.00. The number of anilines is 1. The van der Waals surface area contributed by atoms with Crippen molar-refractivity contribution in [2.75, 3.05) is 5.32 Å². The fourth-order valence-electron chi connectivity index (χ4n) is 2.16. The third-order valence-electron chi connectivity index (χ3n) is 3.12. The van der Waals surface area contributed by atoms with Crippen LogP contribution in [0, 0.1) is 0 Å². The van der Waals surface area contributed by atoms with Crippen LogP contribution in [-0.4, -0.2) is 25.9 Å². The molecule has 7 heteroatoms. The molecule has 0 unspecified atom stereocenters. The van der Waals surface area contributed by atoms with E-state index in [9.17, 15) is 4.79 Å². The highest BCUT2D eigenvalue weighted by Gasteiger charge is 2.20. The Balaban J connectivity index is 1.94. The number of nitrogens with one attached hydrogen (secondary N) is 1. The van der Waals surface area contributed by atoms with E-state index in [1.165, 1.54) is 11.3 Å². The molecule has 2 heterocycles. The van der Waals surface area contributed by atoms with E-state index >= 15 is 0 Å². The van der Waals surface area contributed by atoms with Crippen LogP contribution in [0.25, 0.3) is 5.69 Å². The van der Waals surface area contributed by atoms with Crippen molar-refractivity contribution < 1.29 is 4.79 Å². The highest BCUT2D eigenvalue weighted by Crippen LogP contribution is 2.17. The molecule has 0 aliphatic carbocycles. The summed E-state index contributed by atoms with van der Waals surface area (Å²) in [7, 11) is 0. The van der Waals surface area contributed by atoms with Crippen LogP contribution in [-0.2, 0) is 6.42 Å². The van der Waals surface area contributed by atoms with E-state index in [2.05, 4.69) is 27.5 Å². The van der Waals surface area contributed by atoms with E-state index in [0.29, 0.717) is 10.8 Å². The van der Waals surface area contributed by atoms with Gasteiger partial charge in [-0.25, -0.2) is 9.67 Å². The molecule has 0 bridgehead atoms. The number of para-hydroxylation sites is 1. The zero-order valence-electron chi connectivity index (χ0n) is 12.1. The van der Waals surface area contributed by atoms with E-state index in [0.717, 1.165) is 24.2 Å². The van der Waals surface area contributed by atoms with E-state index < -0.39 is 0 Å². The van der Waals surface area contributed by atoms with Crippen LogP contribution in [0.3, 0.4) is 0 Å². The van der Waals surface area contributed by atoms with E-state index in [1.807, 2.05) is 35.7 Å². The predicted octanol–water partition coefficient (Wildman–Crippen LogP) is 2.93. The summed E-state index contributed by atoms with van der Waals surface area (Å²) in [6, 6.07) is 9.69. The first-order valence-corrected chi connectivity index (χ1v) is 7.88. The molecule has 3 rings (SSSR count). The van der Waals surface area contributed by atoms with Crippen molar-refractivity contribution in [2.24, 2.45) is 0 Å². The number of carbonyl (C=O) groups excluding carboxylic acids is 1. The van der Waals surface area contributed by atoms with Gasteiger partial charge in [0, 0.05) is 11.6 Å². The first kappa shape index (κ1) is 14.4. The Morgan fingerprint density at radius 2 is 2.14 bits per heavy atom. The Labute approximate surface area is 131 Å².